The Morgan fingerprint density at radius 3 is 2.58 bits per heavy atom. The standard InChI is InChI=1S/C19H17NO4/c1-19(2,15-9-10-20-11-16(15)21)24-18(23)14-8-7-12-5-3-4-6-13(12)17(14)22/h3-11,21-22H,1-2H3. The summed E-state index contributed by atoms with van der Waals surface area (Å²) in [6.45, 7) is 3.33. The van der Waals surface area contributed by atoms with Crippen LogP contribution < -0.4 is 0 Å². The highest BCUT2D eigenvalue weighted by molar-refractivity contribution is 6.01. The zero-order valence-electron chi connectivity index (χ0n) is 13.4. The van der Waals surface area contributed by atoms with Crippen LogP contribution in [-0.2, 0) is 10.3 Å². The van der Waals surface area contributed by atoms with E-state index >= 15 is 0 Å². The molecule has 1 aromatic heterocycles. The van der Waals surface area contributed by atoms with Crippen LogP contribution in [0.5, 0.6) is 11.5 Å². The largest absolute Gasteiger partial charge is 0.506 e. The Morgan fingerprint density at radius 1 is 1.08 bits per heavy atom. The van der Waals surface area contributed by atoms with Gasteiger partial charge in [0, 0.05) is 17.1 Å². The van der Waals surface area contributed by atoms with Crippen LogP contribution >= 0.6 is 0 Å². The van der Waals surface area contributed by atoms with E-state index in [1.165, 1.54) is 18.5 Å². The highest BCUT2D eigenvalue weighted by Gasteiger charge is 2.30. The minimum absolute atomic E-state index is 0.0574. The van der Waals surface area contributed by atoms with Gasteiger partial charge in [-0.15, -0.1) is 0 Å². The van der Waals surface area contributed by atoms with Crippen molar-refractivity contribution >= 4 is 16.7 Å². The third-order valence-electron chi connectivity index (χ3n) is 3.92. The number of benzene rings is 2. The fraction of sp³-hybridized carbons (Fsp3) is 0.158. The van der Waals surface area contributed by atoms with Crippen LogP contribution in [-0.4, -0.2) is 21.2 Å². The molecule has 3 rings (SSSR count). The highest BCUT2D eigenvalue weighted by atomic mass is 16.6. The number of aromatic hydroxyl groups is 2. The summed E-state index contributed by atoms with van der Waals surface area (Å²) in [6, 6.07) is 12.1. The van der Waals surface area contributed by atoms with E-state index in [-0.39, 0.29) is 17.1 Å². The molecular weight excluding hydrogens is 306 g/mol. The molecule has 0 saturated carbocycles. The molecule has 2 N–H and O–H groups in total. The van der Waals surface area contributed by atoms with Crippen LogP contribution in [0, 0.1) is 0 Å². The summed E-state index contributed by atoms with van der Waals surface area (Å²) in [5.74, 6) is -0.842. The van der Waals surface area contributed by atoms with Crippen LogP contribution in [0.25, 0.3) is 10.8 Å². The summed E-state index contributed by atoms with van der Waals surface area (Å²) >= 11 is 0. The van der Waals surface area contributed by atoms with Gasteiger partial charge in [-0.3, -0.25) is 4.98 Å². The average Bonchev–Trinajstić information content (AvgIpc) is 2.55. The van der Waals surface area contributed by atoms with E-state index < -0.39 is 11.6 Å². The first-order chi connectivity index (χ1) is 11.4. The Morgan fingerprint density at radius 2 is 1.83 bits per heavy atom. The van der Waals surface area contributed by atoms with Crippen LogP contribution in [0.4, 0.5) is 0 Å². The van der Waals surface area contributed by atoms with Crippen molar-refractivity contribution in [2.24, 2.45) is 0 Å². The van der Waals surface area contributed by atoms with Gasteiger partial charge in [0.05, 0.1) is 6.20 Å². The Hall–Kier alpha value is -3.08. The Labute approximate surface area is 139 Å². The van der Waals surface area contributed by atoms with E-state index in [4.69, 9.17) is 4.74 Å². The van der Waals surface area contributed by atoms with Gasteiger partial charge in [-0.1, -0.05) is 30.3 Å². The minimum Gasteiger partial charge on any atom is -0.506 e. The van der Waals surface area contributed by atoms with Gasteiger partial charge in [0.1, 0.15) is 22.7 Å². The van der Waals surface area contributed by atoms with Gasteiger partial charge in [0.25, 0.3) is 0 Å². The maximum atomic E-state index is 12.5. The molecule has 1 heterocycles. The first-order valence-electron chi connectivity index (χ1n) is 7.47. The number of pyridine rings is 1. The third kappa shape index (κ3) is 2.76. The van der Waals surface area contributed by atoms with Crippen molar-refractivity contribution in [1.29, 1.82) is 0 Å². The van der Waals surface area contributed by atoms with Gasteiger partial charge in [-0.05, 0) is 31.4 Å². The molecule has 0 atom stereocenters. The van der Waals surface area contributed by atoms with Crippen LogP contribution in [0.3, 0.4) is 0 Å². The quantitative estimate of drug-likeness (QED) is 0.718. The summed E-state index contributed by atoms with van der Waals surface area (Å²) in [6.07, 6.45) is 2.80. The smallest absolute Gasteiger partial charge is 0.342 e. The van der Waals surface area contributed by atoms with E-state index in [0.717, 1.165) is 5.39 Å². The monoisotopic (exact) mass is 323 g/mol. The zero-order valence-corrected chi connectivity index (χ0v) is 13.4. The number of ether oxygens (including phenoxy) is 1. The molecule has 0 unspecified atom stereocenters. The minimum atomic E-state index is -1.08. The highest BCUT2D eigenvalue weighted by Crippen LogP contribution is 2.34. The van der Waals surface area contributed by atoms with Crippen LogP contribution in [0.1, 0.15) is 29.8 Å². The molecule has 0 fully saturated rings. The van der Waals surface area contributed by atoms with E-state index in [1.54, 1.807) is 38.1 Å². The van der Waals surface area contributed by atoms with Gasteiger partial charge in [0.15, 0.2) is 0 Å². The predicted molar refractivity (Wildman–Crippen MR) is 90.0 cm³/mol. The van der Waals surface area contributed by atoms with E-state index in [0.29, 0.717) is 10.9 Å². The fourth-order valence-electron chi connectivity index (χ4n) is 2.66. The Kier molecular flexibility index (Phi) is 3.85. The maximum absolute atomic E-state index is 12.5. The maximum Gasteiger partial charge on any atom is 0.342 e. The van der Waals surface area contributed by atoms with E-state index in [2.05, 4.69) is 4.98 Å². The first kappa shape index (κ1) is 15.8. The SMILES string of the molecule is CC(C)(OC(=O)c1ccc2ccccc2c1O)c1ccncc1O. The Bertz CT molecular complexity index is 918. The molecule has 0 aliphatic heterocycles. The number of nitrogens with zero attached hydrogens (tertiary/aromatic N) is 1. The van der Waals surface area contributed by atoms with Crippen molar-refractivity contribution in [3.63, 3.8) is 0 Å². The molecule has 0 radical (unpaired) electrons. The number of rotatable bonds is 3. The lowest BCUT2D eigenvalue weighted by atomic mass is 9.98. The van der Waals surface area contributed by atoms with Crippen molar-refractivity contribution < 1.29 is 19.7 Å². The molecule has 5 heteroatoms. The van der Waals surface area contributed by atoms with Gasteiger partial charge in [0.2, 0.25) is 0 Å². The lowest BCUT2D eigenvalue weighted by molar-refractivity contribution is -0.00421. The van der Waals surface area contributed by atoms with Crippen molar-refractivity contribution in [2.75, 3.05) is 0 Å². The summed E-state index contributed by atoms with van der Waals surface area (Å²) < 4.78 is 5.53. The normalized spacial score (nSPS) is 11.4. The average molecular weight is 323 g/mol. The molecule has 3 aromatic rings. The number of aromatic nitrogens is 1. The second-order valence-electron chi connectivity index (χ2n) is 5.98. The predicted octanol–water partition coefficient (Wildman–Crippen LogP) is 3.74. The van der Waals surface area contributed by atoms with Crippen molar-refractivity contribution in [1.82, 2.24) is 4.98 Å². The zero-order chi connectivity index (χ0) is 17.3. The van der Waals surface area contributed by atoms with Gasteiger partial charge < -0.3 is 14.9 Å². The molecule has 0 saturated heterocycles. The van der Waals surface area contributed by atoms with E-state index in [9.17, 15) is 15.0 Å². The molecule has 5 nitrogen and oxygen atoms in total. The number of fused-ring (bicyclic) bond motifs is 1. The second-order valence-corrected chi connectivity index (χ2v) is 5.98. The number of carbonyl (C=O) groups excluding carboxylic acids is 1. The Balaban J connectivity index is 1.95. The molecule has 122 valence electrons. The number of esters is 1. The molecule has 24 heavy (non-hydrogen) atoms. The first-order valence-corrected chi connectivity index (χ1v) is 7.47. The molecule has 0 bridgehead atoms. The number of hydrogen-bond donors (Lipinski definition) is 2. The van der Waals surface area contributed by atoms with Crippen molar-refractivity contribution in [3.8, 4) is 11.5 Å². The van der Waals surface area contributed by atoms with Gasteiger partial charge in [-0.25, -0.2) is 4.79 Å². The fourth-order valence-corrected chi connectivity index (χ4v) is 2.66. The van der Waals surface area contributed by atoms with Crippen molar-refractivity contribution in [3.05, 3.63) is 66.0 Å². The lowest BCUT2D eigenvalue weighted by Crippen LogP contribution is -2.26. The number of carbonyl (C=O) groups is 1. The van der Waals surface area contributed by atoms with Crippen LogP contribution in [0.15, 0.2) is 54.9 Å². The van der Waals surface area contributed by atoms with Gasteiger partial charge >= 0.3 is 5.97 Å². The van der Waals surface area contributed by atoms with Crippen LogP contribution in [0.2, 0.25) is 0 Å². The van der Waals surface area contributed by atoms with Crippen molar-refractivity contribution in [2.45, 2.75) is 19.4 Å². The number of phenols is 1. The van der Waals surface area contributed by atoms with Gasteiger partial charge in [-0.2, -0.15) is 0 Å². The number of phenolic OH excluding ortho intramolecular Hbond substituents is 1. The molecule has 0 aliphatic carbocycles. The molecule has 0 aliphatic rings. The summed E-state index contributed by atoms with van der Waals surface area (Å²) in [4.78, 5) is 16.3. The van der Waals surface area contributed by atoms with E-state index in [1.807, 2.05) is 12.1 Å². The summed E-state index contributed by atoms with van der Waals surface area (Å²) in [5.41, 5.74) is -0.566. The molecular formula is C19H17NO4. The summed E-state index contributed by atoms with van der Waals surface area (Å²) in [7, 11) is 0. The molecule has 0 amide bonds. The topological polar surface area (TPSA) is 79.7 Å². The second kappa shape index (κ2) is 5.85. The summed E-state index contributed by atoms with van der Waals surface area (Å²) in [5, 5.41) is 21.7. The third-order valence-corrected chi connectivity index (χ3v) is 3.92. The number of hydrogen-bond acceptors (Lipinski definition) is 5. The molecule has 2 aromatic carbocycles. The lowest BCUT2D eigenvalue weighted by Gasteiger charge is -2.26. The molecule has 0 spiro atoms.